The van der Waals surface area contributed by atoms with E-state index in [1.54, 1.807) is 0 Å². The Kier molecular flexibility index (Phi) is 52.4. The number of piperazine rings is 1. The highest BCUT2D eigenvalue weighted by Crippen LogP contribution is 2.15. The lowest BCUT2D eigenvalue weighted by atomic mass is 10.1. The Labute approximate surface area is 560 Å². The van der Waals surface area contributed by atoms with E-state index >= 15 is 0 Å². The summed E-state index contributed by atoms with van der Waals surface area (Å²) in [5.41, 5.74) is 0. The van der Waals surface area contributed by atoms with Crippen molar-refractivity contribution in [3.8, 4) is 0 Å². The third-order valence-electron chi connectivity index (χ3n) is 18.8. The number of rotatable bonds is 10. The number of morpholine rings is 1. The number of thioether (sulfide) groups is 1. The van der Waals surface area contributed by atoms with Crippen LogP contribution < -0.4 is 5.32 Å². The van der Waals surface area contributed by atoms with Crippen LogP contribution in [0.25, 0.3) is 0 Å². The molecule has 10 aliphatic rings. The highest BCUT2D eigenvalue weighted by molar-refractivity contribution is 7.99. The fourth-order valence-electron chi connectivity index (χ4n) is 11.7. The van der Waals surface area contributed by atoms with Crippen LogP contribution in [0.4, 0.5) is 0 Å². The van der Waals surface area contributed by atoms with Crippen LogP contribution in [0.2, 0.25) is 0 Å². The zero-order chi connectivity index (χ0) is 66.0. The highest BCUT2D eigenvalue weighted by atomic mass is 32.2. The van der Waals surface area contributed by atoms with Gasteiger partial charge >= 0.3 is 0 Å². The average Bonchev–Trinajstić information content (AvgIpc) is 4.46. The molecule has 0 bridgehead atoms. The van der Waals surface area contributed by atoms with Crippen molar-refractivity contribution in [2.45, 2.75) is 283 Å². The van der Waals surface area contributed by atoms with Gasteiger partial charge in [0.15, 0.2) is 9.84 Å². The fourth-order valence-corrected chi connectivity index (χ4v) is 13.8. The molecule has 17 heteroatoms. The molecule has 0 radical (unpaired) electrons. The Balaban J connectivity index is 0.000000969. The monoisotopic (exact) mass is 1300 g/mol. The van der Waals surface area contributed by atoms with Gasteiger partial charge in [-0.05, 0) is 236 Å². The van der Waals surface area contributed by atoms with E-state index in [1.165, 1.54) is 167 Å². The van der Waals surface area contributed by atoms with E-state index < -0.39 is 9.84 Å². The van der Waals surface area contributed by atoms with Crippen LogP contribution in [0.5, 0.6) is 0 Å². The van der Waals surface area contributed by atoms with Crippen molar-refractivity contribution in [1.29, 1.82) is 0 Å². The third kappa shape index (κ3) is 45.5. The van der Waals surface area contributed by atoms with Gasteiger partial charge in [-0.1, -0.05) is 26.7 Å². The zero-order valence-electron chi connectivity index (χ0n) is 62.0. The lowest BCUT2D eigenvalue weighted by molar-refractivity contribution is -0.121. The standard InChI is InChI=1S/C9H19N.C8H15NO.C8H17N.C7H16N2.C7H15NO2S.C7H15NO.C7H15NS.C7H15N.C6H13N.C5H11N.CH4/c1-9(2)10-7-5-3-4-6-8-10;1-7(2)9-5-3-8(10)4-6-9;1-8(2)9-6-4-3-5-7-9;1-7(2)9-5-3-8-4-6-9;1-7(2)8-3-5-11(9,10)6-4-8;2*1-7(2)8-3-5-9-6-4-8;1-7(2)8-5-3-4-6-8;1-6(2)7-4-3-5-7;1-5(2)6-3-4-6;/h9H,3-8H2,1-2H3;7H,3-6H2,1-2H3;8H,3-7H2,1-2H3;7-8H,3-6H2,1-2H3;7H,3-6H2,1-2H3;2*7H,3-6H2,1-2H3;7H,3-6H2,1-2H3;6H,3-5H2,1-2H3;5H,3-4H2,1-2H3;1H4. The number of carbonyl (C=O) groups is 1. The van der Waals surface area contributed by atoms with Crippen molar-refractivity contribution < 1.29 is 17.9 Å². The number of hydrogen-bond donors (Lipinski definition) is 1. The summed E-state index contributed by atoms with van der Waals surface area (Å²) in [6.07, 6.45) is 15.8. The lowest BCUT2D eigenvalue weighted by Crippen LogP contribution is -2.46. The molecule has 10 fully saturated rings. The molecular weight excluding hydrogens is 1150 g/mol. The van der Waals surface area contributed by atoms with Crippen LogP contribution >= 0.6 is 11.8 Å². The maximum atomic E-state index is 11.0. The van der Waals surface area contributed by atoms with Gasteiger partial charge in [0.1, 0.15) is 5.78 Å². The Morgan fingerprint density at radius 3 is 0.820 bits per heavy atom. The van der Waals surface area contributed by atoms with Crippen LogP contribution in [0.1, 0.15) is 223 Å². The molecule has 0 aliphatic carbocycles. The Hall–Kier alpha value is -0.510. The topological polar surface area (TPSA) is 105 Å². The van der Waals surface area contributed by atoms with Crippen molar-refractivity contribution in [3.05, 3.63) is 0 Å². The number of likely N-dealkylation sites (tertiary alicyclic amines) is 5. The number of sulfone groups is 1. The van der Waals surface area contributed by atoms with Crippen molar-refractivity contribution in [3.63, 3.8) is 0 Å². The summed E-state index contributed by atoms with van der Waals surface area (Å²) in [6.45, 7) is 72.8. The fraction of sp³-hybridized carbons (Fsp3) is 0.986. The van der Waals surface area contributed by atoms with E-state index in [-0.39, 0.29) is 7.43 Å². The number of Topliss-reactive ketones (excluding diaryl/α,β-unsaturated/α-hetero) is 1. The van der Waals surface area contributed by atoms with Gasteiger partial charge in [-0.3, -0.25) is 29.3 Å². The van der Waals surface area contributed by atoms with Crippen LogP contribution in [0.15, 0.2) is 0 Å². The van der Waals surface area contributed by atoms with E-state index in [9.17, 15) is 13.2 Å². The van der Waals surface area contributed by atoms with E-state index in [1.807, 2.05) is 0 Å². The summed E-state index contributed by atoms with van der Waals surface area (Å²) in [5.74, 6) is 3.77. The van der Waals surface area contributed by atoms with Crippen molar-refractivity contribution in [2.75, 3.05) is 180 Å². The van der Waals surface area contributed by atoms with Gasteiger partial charge in [-0.25, -0.2) is 8.42 Å². The van der Waals surface area contributed by atoms with Gasteiger partial charge < -0.3 is 34.6 Å². The molecule has 0 spiro atoms. The van der Waals surface area contributed by atoms with E-state index in [2.05, 4.69) is 205 Å². The van der Waals surface area contributed by atoms with Gasteiger partial charge in [0.2, 0.25) is 0 Å². The average molecular weight is 1300 g/mol. The SMILES string of the molecule is C.CC(C)N1CC1.CC(C)N1CCC(=O)CC1.CC(C)N1CCC1.CC(C)N1CCCC1.CC(C)N1CCCCC1.CC(C)N1CCCCCC1.CC(C)N1CCNCC1.CC(C)N1CCOCC1.CC(C)N1CCS(=O)(=O)CC1.CC(C)N1CCSCC1. The second kappa shape index (κ2) is 52.7. The first kappa shape index (κ1) is 88.5. The number of piperidine rings is 2. The number of nitrogens with one attached hydrogen (secondary N) is 1. The number of carbonyl (C=O) groups excluding carboxylic acids is 1. The molecule has 15 nitrogen and oxygen atoms in total. The van der Waals surface area contributed by atoms with Crippen LogP contribution in [0.3, 0.4) is 0 Å². The molecule has 10 rings (SSSR count). The van der Waals surface area contributed by atoms with Crippen molar-refractivity contribution in [1.82, 2.24) is 54.3 Å². The molecule has 534 valence electrons. The van der Waals surface area contributed by atoms with E-state index in [4.69, 9.17) is 4.74 Å². The minimum absolute atomic E-state index is 0. The molecule has 0 saturated carbocycles. The molecule has 0 aromatic rings. The molecule has 0 unspecified atom stereocenters. The zero-order valence-corrected chi connectivity index (χ0v) is 63.6. The van der Waals surface area contributed by atoms with Gasteiger partial charge in [0, 0.05) is 176 Å². The summed E-state index contributed by atoms with van der Waals surface area (Å²) >= 11 is 2.07. The second-order valence-electron chi connectivity index (χ2n) is 29.0. The van der Waals surface area contributed by atoms with E-state index in [0.29, 0.717) is 48.5 Å². The summed E-state index contributed by atoms with van der Waals surface area (Å²) in [5, 5.41) is 3.33. The number of nitrogens with zero attached hydrogens (tertiary/aromatic N) is 10. The highest BCUT2D eigenvalue weighted by Gasteiger charge is 2.24. The molecule has 10 saturated heterocycles. The number of ketones is 1. The Morgan fingerprint density at radius 1 is 0.315 bits per heavy atom. The van der Waals surface area contributed by atoms with Gasteiger partial charge in [-0.2, -0.15) is 11.8 Å². The largest absolute Gasteiger partial charge is 0.379 e. The van der Waals surface area contributed by atoms with Crippen LogP contribution in [0, 0.1) is 0 Å². The number of ether oxygens (including phenoxy) is 1. The summed E-state index contributed by atoms with van der Waals surface area (Å²) in [7, 11) is -2.69. The predicted octanol–water partition coefficient (Wildman–Crippen LogP) is 11.7. The molecule has 10 aliphatic heterocycles. The third-order valence-corrected chi connectivity index (χ3v) is 21.4. The molecule has 0 atom stereocenters. The van der Waals surface area contributed by atoms with Crippen LogP contribution in [-0.2, 0) is 19.4 Å². The minimum Gasteiger partial charge on any atom is -0.379 e. The van der Waals surface area contributed by atoms with Crippen molar-refractivity contribution >= 4 is 27.4 Å². The maximum absolute atomic E-state index is 11.0. The molecular formula is C72H155N11O4S2. The first-order valence-electron chi connectivity index (χ1n) is 36.6. The molecule has 89 heavy (non-hydrogen) atoms. The first-order valence-corrected chi connectivity index (χ1v) is 39.6. The quantitative estimate of drug-likeness (QED) is 0.210. The van der Waals surface area contributed by atoms with Crippen molar-refractivity contribution in [2.24, 2.45) is 0 Å². The summed E-state index contributed by atoms with van der Waals surface area (Å²) < 4.78 is 27.2. The molecule has 10 heterocycles. The number of hydrogen-bond acceptors (Lipinski definition) is 16. The minimum atomic E-state index is -2.69. The Bertz CT molecular complexity index is 1600. The van der Waals surface area contributed by atoms with Gasteiger partial charge in [0.05, 0.1) is 24.7 Å². The molecule has 1 N–H and O–H groups in total. The summed E-state index contributed by atoms with van der Waals surface area (Å²) in [4.78, 5) is 35.4. The molecule has 0 aromatic carbocycles. The first-order chi connectivity index (χ1) is 41.6. The molecule has 0 aromatic heterocycles. The normalized spacial score (nSPS) is 22.9. The summed E-state index contributed by atoms with van der Waals surface area (Å²) in [6, 6.07) is 7.14. The second-order valence-corrected chi connectivity index (χ2v) is 32.5. The maximum Gasteiger partial charge on any atom is 0.152 e. The van der Waals surface area contributed by atoms with E-state index in [0.717, 1.165) is 108 Å². The van der Waals surface area contributed by atoms with Crippen LogP contribution in [-0.4, -0.2) is 304 Å². The molecule has 0 amide bonds. The smallest absolute Gasteiger partial charge is 0.152 e. The van der Waals surface area contributed by atoms with Gasteiger partial charge in [-0.15, -0.1) is 0 Å². The van der Waals surface area contributed by atoms with Gasteiger partial charge in [0.25, 0.3) is 0 Å². The predicted molar refractivity (Wildman–Crippen MR) is 394 cm³/mol. The lowest BCUT2D eigenvalue weighted by Gasteiger charge is -2.34. The Morgan fingerprint density at radius 2 is 0.562 bits per heavy atom.